The molecule has 194 valence electrons. The lowest BCUT2D eigenvalue weighted by Crippen LogP contribution is -2.25. The van der Waals surface area contributed by atoms with Gasteiger partial charge in [0.05, 0.1) is 12.1 Å². The summed E-state index contributed by atoms with van der Waals surface area (Å²) >= 11 is 0. The lowest BCUT2D eigenvalue weighted by Gasteiger charge is -2.06. The van der Waals surface area contributed by atoms with Crippen molar-refractivity contribution >= 4 is 12.2 Å². The summed E-state index contributed by atoms with van der Waals surface area (Å²) in [5, 5.41) is 8.99. The van der Waals surface area contributed by atoms with Crippen LogP contribution in [0, 0.1) is 18.6 Å². The van der Waals surface area contributed by atoms with Gasteiger partial charge in [-0.3, -0.25) is 9.78 Å². The molecule has 0 fully saturated rings. The number of nitrogens with one attached hydrogen (secondary N) is 3. The zero-order valence-electron chi connectivity index (χ0n) is 21.2. The second-order valence-corrected chi connectivity index (χ2v) is 7.87. The van der Waals surface area contributed by atoms with Gasteiger partial charge in [-0.2, -0.15) is 0 Å². The second-order valence-electron chi connectivity index (χ2n) is 7.87. The number of benzene rings is 2. The van der Waals surface area contributed by atoms with E-state index in [1.165, 1.54) is 35.9 Å². The largest absolute Gasteiger partial charge is 0.345 e. The molecular formula is C28H36F2N4O2. The number of pyridine rings is 1. The van der Waals surface area contributed by atoms with Gasteiger partial charge in [0.2, 0.25) is 0 Å². The average molecular weight is 499 g/mol. The molecule has 36 heavy (non-hydrogen) atoms. The van der Waals surface area contributed by atoms with Crippen molar-refractivity contribution in [1.29, 1.82) is 0 Å². The first-order chi connectivity index (χ1) is 17.4. The Bertz CT molecular complexity index is 983. The zero-order valence-corrected chi connectivity index (χ0v) is 21.2. The molecule has 0 atom stereocenters. The summed E-state index contributed by atoms with van der Waals surface area (Å²) in [6, 6.07) is 15.5. The quantitative estimate of drug-likeness (QED) is 0.288. The van der Waals surface area contributed by atoms with Gasteiger partial charge in [-0.15, -0.1) is 0 Å². The van der Waals surface area contributed by atoms with Crippen LogP contribution in [0.1, 0.15) is 40.4 Å². The van der Waals surface area contributed by atoms with Crippen LogP contribution >= 0.6 is 0 Å². The number of carbonyl (C=O) groups is 2. The SMILES string of the molecule is CCc1cccc(CNCCCNC)c1.Cc1cc(F)cc(F)c1.O=CCNC(=O)c1cccnc1. The maximum absolute atomic E-state index is 12.2. The van der Waals surface area contributed by atoms with Crippen LogP contribution in [-0.2, 0) is 17.8 Å². The number of hydrogen-bond donors (Lipinski definition) is 3. The first-order valence-electron chi connectivity index (χ1n) is 11.9. The summed E-state index contributed by atoms with van der Waals surface area (Å²) in [5.74, 6) is -1.32. The summed E-state index contributed by atoms with van der Waals surface area (Å²) in [6.45, 7) is 7.02. The van der Waals surface area contributed by atoms with Gasteiger partial charge in [0.25, 0.3) is 5.91 Å². The molecule has 2 aromatic carbocycles. The van der Waals surface area contributed by atoms with Gasteiger partial charge < -0.3 is 20.7 Å². The highest BCUT2D eigenvalue weighted by atomic mass is 19.1. The Balaban J connectivity index is 0.000000279. The van der Waals surface area contributed by atoms with E-state index in [1.807, 2.05) is 7.05 Å². The van der Waals surface area contributed by atoms with Crippen LogP contribution in [0.4, 0.5) is 8.78 Å². The van der Waals surface area contributed by atoms with E-state index in [1.54, 1.807) is 25.3 Å². The fourth-order valence-corrected chi connectivity index (χ4v) is 3.01. The number of rotatable bonds is 10. The van der Waals surface area contributed by atoms with Crippen LogP contribution < -0.4 is 16.0 Å². The third kappa shape index (κ3) is 14.0. The number of nitrogens with zero attached hydrogens (tertiary/aromatic N) is 1. The molecule has 0 radical (unpaired) electrons. The Morgan fingerprint density at radius 3 is 2.31 bits per heavy atom. The Labute approximate surface area is 212 Å². The molecule has 3 N–H and O–H groups in total. The first-order valence-corrected chi connectivity index (χ1v) is 11.9. The molecule has 1 aromatic heterocycles. The summed E-state index contributed by atoms with van der Waals surface area (Å²) in [6.07, 6.45) is 5.96. The Morgan fingerprint density at radius 2 is 1.72 bits per heavy atom. The fraction of sp³-hybridized carbons (Fsp3) is 0.321. The van der Waals surface area contributed by atoms with E-state index in [2.05, 4.69) is 52.1 Å². The van der Waals surface area contributed by atoms with E-state index in [0.29, 0.717) is 17.4 Å². The Hall–Kier alpha value is -3.49. The summed E-state index contributed by atoms with van der Waals surface area (Å²) < 4.78 is 24.4. The molecule has 8 heteroatoms. The van der Waals surface area contributed by atoms with Gasteiger partial charge >= 0.3 is 0 Å². The lowest BCUT2D eigenvalue weighted by atomic mass is 10.1. The molecule has 3 aromatic rings. The normalized spacial score (nSPS) is 9.81. The Morgan fingerprint density at radius 1 is 1.00 bits per heavy atom. The molecule has 1 amide bonds. The molecule has 3 rings (SSSR count). The van der Waals surface area contributed by atoms with Crippen LogP contribution in [0.25, 0.3) is 0 Å². The van der Waals surface area contributed by atoms with Crippen molar-refractivity contribution < 1.29 is 18.4 Å². The first kappa shape index (κ1) is 30.5. The molecule has 0 saturated heterocycles. The smallest absolute Gasteiger partial charge is 0.253 e. The number of carbonyl (C=O) groups excluding carboxylic acids is 2. The van der Waals surface area contributed by atoms with Crippen molar-refractivity contribution in [2.24, 2.45) is 0 Å². The highest BCUT2D eigenvalue weighted by molar-refractivity contribution is 5.94. The predicted octanol–water partition coefficient (Wildman–Crippen LogP) is 4.23. The van der Waals surface area contributed by atoms with Crippen LogP contribution in [0.3, 0.4) is 0 Å². The molecule has 0 aliphatic rings. The fourth-order valence-electron chi connectivity index (χ4n) is 3.01. The van der Waals surface area contributed by atoms with Gasteiger partial charge in [0.1, 0.15) is 17.9 Å². The molecule has 0 saturated carbocycles. The Kier molecular flexibility index (Phi) is 15.9. The van der Waals surface area contributed by atoms with E-state index < -0.39 is 11.6 Å². The van der Waals surface area contributed by atoms with E-state index >= 15 is 0 Å². The average Bonchev–Trinajstić information content (AvgIpc) is 2.88. The minimum atomic E-state index is -0.521. The monoisotopic (exact) mass is 498 g/mol. The van der Waals surface area contributed by atoms with Crippen LogP contribution in [0.15, 0.2) is 67.0 Å². The van der Waals surface area contributed by atoms with Crippen molar-refractivity contribution in [1.82, 2.24) is 20.9 Å². The van der Waals surface area contributed by atoms with Gasteiger partial charge in [0, 0.05) is 25.0 Å². The van der Waals surface area contributed by atoms with Crippen molar-refractivity contribution in [3.63, 3.8) is 0 Å². The molecule has 0 bridgehead atoms. The molecule has 0 aliphatic heterocycles. The topological polar surface area (TPSA) is 83.1 Å². The van der Waals surface area contributed by atoms with Crippen molar-refractivity contribution in [2.45, 2.75) is 33.2 Å². The van der Waals surface area contributed by atoms with Crippen molar-refractivity contribution in [2.75, 3.05) is 26.7 Å². The van der Waals surface area contributed by atoms with Gasteiger partial charge in [0.15, 0.2) is 0 Å². The zero-order chi connectivity index (χ0) is 26.6. The van der Waals surface area contributed by atoms with Crippen LogP contribution in [0.5, 0.6) is 0 Å². The third-order valence-corrected chi connectivity index (χ3v) is 4.79. The molecule has 0 spiro atoms. The van der Waals surface area contributed by atoms with E-state index in [-0.39, 0.29) is 12.5 Å². The standard InChI is InChI=1S/C13H22N2.C8H8N2O2.C7H6F2/c1-3-12-6-4-7-13(10-12)11-15-9-5-8-14-2;11-5-4-10-8(12)7-2-1-3-9-6-7;1-5-2-6(8)4-7(9)3-5/h4,6-7,10,14-15H,3,5,8-9,11H2,1-2H3;1-3,5-6H,4H2,(H,10,12);2-4H,1H3. The van der Waals surface area contributed by atoms with E-state index in [0.717, 1.165) is 32.1 Å². The number of aromatic nitrogens is 1. The lowest BCUT2D eigenvalue weighted by molar-refractivity contribution is -0.107. The number of halogens is 2. The van der Waals surface area contributed by atoms with Crippen molar-refractivity contribution in [3.05, 3.63) is 101 Å². The van der Waals surface area contributed by atoms with Crippen LogP contribution in [0.2, 0.25) is 0 Å². The number of aryl methyl sites for hydroxylation is 2. The maximum Gasteiger partial charge on any atom is 0.253 e. The predicted molar refractivity (Wildman–Crippen MR) is 140 cm³/mol. The maximum atomic E-state index is 12.2. The molecule has 6 nitrogen and oxygen atoms in total. The van der Waals surface area contributed by atoms with Gasteiger partial charge in [-0.1, -0.05) is 31.2 Å². The number of hydrogen-bond acceptors (Lipinski definition) is 5. The highest BCUT2D eigenvalue weighted by Gasteiger charge is 2.02. The minimum absolute atomic E-state index is 0.0354. The van der Waals surface area contributed by atoms with Gasteiger partial charge in [-0.25, -0.2) is 8.78 Å². The second kappa shape index (κ2) is 18.8. The highest BCUT2D eigenvalue weighted by Crippen LogP contribution is 2.06. The molecular weight excluding hydrogens is 462 g/mol. The van der Waals surface area contributed by atoms with E-state index in [9.17, 15) is 18.4 Å². The summed E-state index contributed by atoms with van der Waals surface area (Å²) in [4.78, 5) is 24.8. The molecule has 0 aliphatic carbocycles. The minimum Gasteiger partial charge on any atom is -0.345 e. The van der Waals surface area contributed by atoms with Crippen LogP contribution in [-0.4, -0.2) is 43.9 Å². The molecule has 1 heterocycles. The summed E-state index contributed by atoms with van der Waals surface area (Å²) in [7, 11) is 1.99. The van der Waals surface area contributed by atoms with Gasteiger partial charge in [-0.05, 0) is 80.9 Å². The number of aldehydes is 1. The van der Waals surface area contributed by atoms with Crippen molar-refractivity contribution in [3.8, 4) is 0 Å². The molecule has 0 unspecified atom stereocenters. The number of amides is 1. The summed E-state index contributed by atoms with van der Waals surface area (Å²) in [5.41, 5.74) is 3.87. The van der Waals surface area contributed by atoms with E-state index in [4.69, 9.17) is 0 Å². The third-order valence-electron chi connectivity index (χ3n) is 4.79.